The molecule has 1 aliphatic rings. The highest BCUT2D eigenvalue weighted by molar-refractivity contribution is 5.78. The number of hydrogen-bond donors (Lipinski definition) is 2. The second kappa shape index (κ2) is 7.26. The van der Waals surface area contributed by atoms with Crippen molar-refractivity contribution < 1.29 is 4.79 Å². The quantitative estimate of drug-likeness (QED) is 0.823. The number of carbonyl (C=O) groups excluding carboxylic acids is 1. The molecule has 4 nitrogen and oxygen atoms in total. The van der Waals surface area contributed by atoms with Crippen molar-refractivity contribution in [2.75, 3.05) is 26.2 Å². The largest absolute Gasteiger partial charge is 0.353 e. The zero-order valence-corrected chi connectivity index (χ0v) is 11.3. The molecular formula is C15H23N3O. The summed E-state index contributed by atoms with van der Waals surface area (Å²) in [6, 6.07) is 10.2. The van der Waals surface area contributed by atoms with Gasteiger partial charge in [0.05, 0.1) is 6.42 Å². The molecule has 104 valence electrons. The molecule has 19 heavy (non-hydrogen) atoms. The third-order valence-electron chi connectivity index (χ3n) is 3.61. The molecule has 0 radical (unpaired) electrons. The van der Waals surface area contributed by atoms with Crippen molar-refractivity contribution in [3.05, 3.63) is 35.9 Å². The number of rotatable bonds is 5. The minimum Gasteiger partial charge on any atom is -0.353 e. The van der Waals surface area contributed by atoms with Crippen LogP contribution in [0.1, 0.15) is 18.4 Å². The maximum absolute atomic E-state index is 11.9. The molecule has 3 N–H and O–H groups in total. The van der Waals surface area contributed by atoms with E-state index in [1.54, 1.807) is 0 Å². The summed E-state index contributed by atoms with van der Waals surface area (Å²) in [5.41, 5.74) is 6.62. The normalized spacial score (nSPS) is 17.3. The maximum atomic E-state index is 11.9. The fourth-order valence-corrected chi connectivity index (χ4v) is 2.54. The third-order valence-corrected chi connectivity index (χ3v) is 3.61. The summed E-state index contributed by atoms with van der Waals surface area (Å²) in [6.45, 7) is 3.75. The third kappa shape index (κ3) is 4.65. The van der Waals surface area contributed by atoms with E-state index in [1.807, 2.05) is 30.3 Å². The van der Waals surface area contributed by atoms with E-state index in [0.717, 1.165) is 38.0 Å². The van der Waals surface area contributed by atoms with Crippen LogP contribution in [0.3, 0.4) is 0 Å². The second-order valence-corrected chi connectivity index (χ2v) is 5.13. The van der Waals surface area contributed by atoms with Gasteiger partial charge < -0.3 is 16.0 Å². The molecule has 0 aromatic heterocycles. The summed E-state index contributed by atoms with van der Waals surface area (Å²) in [5, 5.41) is 3.13. The van der Waals surface area contributed by atoms with Gasteiger partial charge in [-0.25, -0.2) is 0 Å². The molecule has 1 fully saturated rings. The Morgan fingerprint density at radius 2 is 1.95 bits per heavy atom. The van der Waals surface area contributed by atoms with E-state index in [1.165, 1.54) is 0 Å². The van der Waals surface area contributed by atoms with Gasteiger partial charge in [0.25, 0.3) is 0 Å². The average Bonchev–Trinajstić information content (AvgIpc) is 2.42. The summed E-state index contributed by atoms with van der Waals surface area (Å²) in [7, 11) is 0. The van der Waals surface area contributed by atoms with Crippen LogP contribution in [-0.2, 0) is 11.2 Å². The maximum Gasteiger partial charge on any atom is 0.224 e. The number of piperidine rings is 1. The Morgan fingerprint density at radius 3 is 2.58 bits per heavy atom. The lowest BCUT2D eigenvalue weighted by molar-refractivity contribution is -0.121. The van der Waals surface area contributed by atoms with Crippen LogP contribution >= 0.6 is 0 Å². The molecular weight excluding hydrogens is 238 g/mol. The van der Waals surface area contributed by atoms with Crippen molar-refractivity contribution in [3.8, 4) is 0 Å². The predicted molar refractivity (Wildman–Crippen MR) is 76.8 cm³/mol. The van der Waals surface area contributed by atoms with E-state index in [9.17, 15) is 4.79 Å². The van der Waals surface area contributed by atoms with Crippen molar-refractivity contribution >= 4 is 5.91 Å². The van der Waals surface area contributed by atoms with Crippen LogP contribution in [0.25, 0.3) is 0 Å². The topological polar surface area (TPSA) is 58.4 Å². The van der Waals surface area contributed by atoms with E-state index >= 15 is 0 Å². The molecule has 4 heteroatoms. The average molecular weight is 261 g/mol. The Morgan fingerprint density at radius 1 is 1.26 bits per heavy atom. The highest BCUT2D eigenvalue weighted by Crippen LogP contribution is 2.10. The van der Waals surface area contributed by atoms with Crippen LogP contribution in [0, 0.1) is 0 Å². The number of likely N-dealkylation sites (tertiary alicyclic amines) is 1. The molecule has 0 spiro atoms. The molecule has 1 saturated heterocycles. The van der Waals surface area contributed by atoms with Crippen LogP contribution in [0.2, 0.25) is 0 Å². The van der Waals surface area contributed by atoms with Crippen LogP contribution < -0.4 is 11.1 Å². The van der Waals surface area contributed by atoms with Gasteiger partial charge in [0.1, 0.15) is 0 Å². The molecule has 1 aliphatic heterocycles. The fourth-order valence-electron chi connectivity index (χ4n) is 2.54. The first-order valence-corrected chi connectivity index (χ1v) is 7.03. The summed E-state index contributed by atoms with van der Waals surface area (Å²) < 4.78 is 0. The van der Waals surface area contributed by atoms with Crippen LogP contribution in [0.5, 0.6) is 0 Å². The van der Waals surface area contributed by atoms with Crippen molar-refractivity contribution in [2.24, 2.45) is 5.73 Å². The molecule has 0 aliphatic carbocycles. The van der Waals surface area contributed by atoms with Crippen LogP contribution in [-0.4, -0.2) is 43.0 Å². The summed E-state index contributed by atoms with van der Waals surface area (Å²) >= 11 is 0. The molecule has 1 amide bonds. The highest BCUT2D eigenvalue weighted by Gasteiger charge is 2.19. The van der Waals surface area contributed by atoms with Crippen LogP contribution in [0.4, 0.5) is 0 Å². The van der Waals surface area contributed by atoms with E-state index in [-0.39, 0.29) is 5.91 Å². The van der Waals surface area contributed by atoms with Crippen molar-refractivity contribution in [1.82, 2.24) is 10.2 Å². The molecule has 0 saturated carbocycles. The van der Waals surface area contributed by atoms with Crippen LogP contribution in [0.15, 0.2) is 30.3 Å². The van der Waals surface area contributed by atoms with Gasteiger partial charge in [-0.15, -0.1) is 0 Å². The van der Waals surface area contributed by atoms with Gasteiger partial charge >= 0.3 is 0 Å². The Labute approximate surface area is 115 Å². The lowest BCUT2D eigenvalue weighted by Gasteiger charge is -2.32. The number of nitrogens with two attached hydrogens (primary N) is 1. The number of nitrogens with zero attached hydrogens (tertiary/aromatic N) is 1. The lowest BCUT2D eigenvalue weighted by atomic mass is 10.0. The molecule has 1 aromatic rings. The van der Waals surface area contributed by atoms with E-state index < -0.39 is 0 Å². The monoisotopic (exact) mass is 261 g/mol. The van der Waals surface area contributed by atoms with Crippen molar-refractivity contribution in [2.45, 2.75) is 25.3 Å². The number of hydrogen-bond acceptors (Lipinski definition) is 3. The summed E-state index contributed by atoms with van der Waals surface area (Å²) in [5.74, 6) is 0.128. The first kappa shape index (κ1) is 14.0. The Kier molecular flexibility index (Phi) is 5.36. The molecule has 0 atom stereocenters. The first-order valence-electron chi connectivity index (χ1n) is 7.03. The van der Waals surface area contributed by atoms with Gasteiger partial charge in [-0.3, -0.25) is 4.79 Å². The van der Waals surface area contributed by atoms with E-state index in [0.29, 0.717) is 19.0 Å². The standard InChI is InChI=1S/C15H23N3O/c16-8-11-18-9-6-14(7-10-18)17-15(19)12-13-4-2-1-3-5-13/h1-5,14H,6-12,16H2,(H,17,19). The van der Waals surface area contributed by atoms with Gasteiger partial charge in [0, 0.05) is 32.2 Å². The zero-order chi connectivity index (χ0) is 13.5. The SMILES string of the molecule is NCCN1CCC(NC(=O)Cc2ccccc2)CC1. The van der Waals surface area contributed by atoms with Crippen molar-refractivity contribution in [3.63, 3.8) is 0 Å². The smallest absolute Gasteiger partial charge is 0.224 e. The molecule has 0 unspecified atom stereocenters. The lowest BCUT2D eigenvalue weighted by Crippen LogP contribution is -2.46. The molecule has 1 heterocycles. The minimum atomic E-state index is 0.128. The second-order valence-electron chi connectivity index (χ2n) is 5.13. The number of benzene rings is 1. The molecule has 1 aromatic carbocycles. The number of carbonyl (C=O) groups is 1. The van der Waals surface area contributed by atoms with Gasteiger partial charge in [0.2, 0.25) is 5.91 Å². The Balaban J connectivity index is 1.72. The fraction of sp³-hybridized carbons (Fsp3) is 0.533. The van der Waals surface area contributed by atoms with Gasteiger partial charge in [-0.2, -0.15) is 0 Å². The van der Waals surface area contributed by atoms with Gasteiger partial charge in [-0.05, 0) is 18.4 Å². The minimum absolute atomic E-state index is 0.128. The Bertz CT molecular complexity index is 386. The van der Waals surface area contributed by atoms with E-state index in [4.69, 9.17) is 5.73 Å². The number of nitrogens with one attached hydrogen (secondary N) is 1. The summed E-state index contributed by atoms with van der Waals surface area (Å²) in [4.78, 5) is 14.3. The summed E-state index contributed by atoms with van der Waals surface area (Å²) in [6.07, 6.45) is 2.53. The van der Waals surface area contributed by atoms with Crippen molar-refractivity contribution in [1.29, 1.82) is 0 Å². The Hall–Kier alpha value is -1.39. The zero-order valence-electron chi connectivity index (χ0n) is 11.3. The number of amides is 1. The highest BCUT2D eigenvalue weighted by atomic mass is 16.1. The predicted octanol–water partition coefficient (Wildman–Crippen LogP) is 0.768. The van der Waals surface area contributed by atoms with E-state index in [2.05, 4.69) is 10.2 Å². The first-order chi connectivity index (χ1) is 9.28. The molecule has 2 rings (SSSR count). The van der Waals surface area contributed by atoms with Gasteiger partial charge in [-0.1, -0.05) is 30.3 Å². The van der Waals surface area contributed by atoms with Gasteiger partial charge in [0.15, 0.2) is 0 Å². The molecule has 0 bridgehead atoms.